The van der Waals surface area contributed by atoms with Crippen LogP contribution in [0.2, 0.25) is 0 Å². The fraction of sp³-hybridized carbons (Fsp3) is 0.111. The second-order valence-electron chi connectivity index (χ2n) is 7.35. The lowest BCUT2D eigenvalue weighted by atomic mass is 9.64. The van der Waals surface area contributed by atoms with E-state index in [0.29, 0.717) is 0 Å². The summed E-state index contributed by atoms with van der Waals surface area (Å²) >= 11 is 0. The molecule has 1 nitrogen and oxygen atoms in total. The van der Waals surface area contributed by atoms with Gasteiger partial charge in [-0.05, 0) is 22.8 Å². The first kappa shape index (κ1) is 16.8. The van der Waals surface area contributed by atoms with E-state index in [1.807, 2.05) is 0 Å². The molecule has 1 heteroatoms. The molecule has 4 aromatic rings. The molecule has 1 atom stereocenters. The number of hydrogen-bond acceptors (Lipinski definition) is 1. The quantitative estimate of drug-likeness (QED) is 0.402. The molecule has 4 aromatic carbocycles. The molecule has 136 valence electrons. The van der Waals surface area contributed by atoms with Crippen molar-refractivity contribution in [3.05, 3.63) is 138 Å². The van der Waals surface area contributed by atoms with Crippen LogP contribution in [-0.2, 0) is 5.41 Å². The molecule has 5 rings (SSSR count). The van der Waals surface area contributed by atoms with Crippen molar-refractivity contribution < 1.29 is 4.74 Å². The third-order valence-corrected chi connectivity index (χ3v) is 5.81. The van der Waals surface area contributed by atoms with E-state index in [2.05, 4.69) is 115 Å². The van der Waals surface area contributed by atoms with Crippen molar-refractivity contribution in [1.82, 2.24) is 0 Å². The van der Waals surface area contributed by atoms with Crippen LogP contribution in [0.25, 0.3) is 0 Å². The maximum atomic E-state index is 6.52. The van der Waals surface area contributed by atoms with E-state index < -0.39 is 0 Å². The number of para-hydroxylation sites is 1. The van der Waals surface area contributed by atoms with Gasteiger partial charge in [-0.3, -0.25) is 0 Å². The Labute approximate surface area is 166 Å². The average Bonchev–Trinajstić information content (AvgIpc) is 2.80. The maximum absolute atomic E-state index is 6.52. The molecule has 0 saturated heterocycles. The molecule has 0 bridgehead atoms. The van der Waals surface area contributed by atoms with Crippen molar-refractivity contribution in [1.29, 1.82) is 0 Å². The van der Waals surface area contributed by atoms with Gasteiger partial charge in [0.05, 0.1) is 5.41 Å². The van der Waals surface area contributed by atoms with Crippen LogP contribution in [0.4, 0.5) is 0 Å². The molecule has 1 aliphatic heterocycles. The highest BCUT2D eigenvalue weighted by atomic mass is 16.5. The Morgan fingerprint density at radius 1 is 0.571 bits per heavy atom. The minimum atomic E-state index is -0.252. The maximum Gasteiger partial charge on any atom is 0.125 e. The Morgan fingerprint density at radius 3 is 1.68 bits per heavy atom. The van der Waals surface area contributed by atoms with Gasteiger partial charge in [0.25, 0.3) is 0 Å². The largest absolute Gasteiger partial charge is 0.485 e. The third kappa shape index (κ3) is 2.71. The number of ether oxygens (including phenoxy) is 1. The van der Waals surface area contributed by atoms with Crippen LogP contribution in [0, 0.1) is 0 Å². The van der Waals surface area contributed by atoms with Crippen molar-refractivity contribution in [3.8, 4) is 5.75 Å². The summed E-state index contributed by atoms with van der Waals surface area (Å²) in [6.07, 6.45) is 0.860. The lowest BCUT2D eigenvalue weighted by Gasteiger charge is -2.43. The number of rotatable bonds is 3. The van der Waals surface area contributed by atoms with E-state index >= 15 is 0 Å². The van der Waals surface area contributed by atoms with Gasteiger partial charge in [-0.2, -0.15) is 0 Å². The van der Waals surface area contributed by atoms with Gasteiger partial charge < -0.3 is 4.74 Å². The van der Waals surface area contributed by atoms with Crippen LogP contribution < -0.4 is 4.74 Å². The second kappa shape index (κ2) is 7.01. The smallest absolute Gasteiger partial charge is 0.125 e. The summed E-state index contributed by atoms with van der Waals surface area (Å²) in [5.74, 6) is 0.968. The summed E-state index contributed by atoms with van der Waals surface area (Å²) in [6.45, 7) is 0. The molecular formula is C27H22O. The van der Waals surface area contributed by atoms with Crippen molar-refractivity contribution >= 4 is 0 Å². The van der Waals surface area contributed by atoms with E-state index in [4.69, 9.17) is 4.74 Å². The summed E-state index contributed by atoms with van der Waals surface area (Å²) in [5, 5.41) is 0. The summed E-state index contributed by atoms with van der Waals surface area (Å²) in [7, 11) is 0. The Morgan fingerprint density at radius 2 is 1.07 bits per heavy atom. The first-order valence-corrected chi connectivity index (χ1v) is 9.80. The van der Waals surface area contributed by atoms with Crippen LogP contribution in [0.15, 0.2) is 115 Å². The number of hydrogen-bond donors (Lipinski definition) is 0. The highest BCUT2D eigenvalue weighted by Crippen LogP contribution is 2.53. The number of fused-ring (bicyclic) bond motifs is 1. The normalized spacial score (nSPS) is 17.4. The first-order chi connectivity index (χ1) is 13.9. The molecule has 0 amide bonds. The summed E-state index contributed by atoms with van der Waals surface area (Å²) in [6, 6.07) is 40.8. The zero-order valence-electron chi connectivity index (χ0n) is 15.7. The van der Waals surface area contributed by atoms with E-state index in [1.165, 1.54) is 22.3 Å². The fourth-order valence-electron chi connectivity index (χ4n) is 4.52. The predicted octanol–water partition coefficient (Wildman–Crippen LogP) is 6.54. The van der Waals surface area contributed by atoms with Gasteiger partial charge >= 0.3 is 0 Å². The molecular weight excluding hydrogens is 340 g/mol. The Hall–Kier alpha value is -3.32. The zero-order chi connectivity index (χ0) is 18.8. The van der Waals surface area contributed by atoms with Gasteiger partial charge in [0.15, 0.2) is 0 Å². The lowest BCUT2D eigenvalue weighted by Crippen LogP contribution is -2.37. The molecule has 1 heterocycles. The van der Waals surface area contributed by atoms with Gasteiger partial charge in [0.1, 0.15) is 11.9 Å². The standard InChI is InChI=1S/C27H22O/c1-4-12-21(13-5-1)26-20-27(22-14-6-2-7-15-22,23-16-8-3-9-17-23)24-18-10-11-19-25(24)28-26/h1-19,26H,20H2. The van der Waals surface area contributed by atoms with Crippen LogP contribution >= 0.6 is 0 Å². The molecule has 1 aliphatic rings. The Kier molecular flexibility index (Phi) is 4.21. The Bertz CT molecular complexity index is 1020. The summed E-state index contributed by atoms with van der Waals surface area (Å²) in [5.41, 5.74) is 4.81. The van der Waals surface area contributed by atoms with Crippen LogP contribution in [0.1, 0.15) is 34.8 Å². The van der Waals surface area contributed by atoms with Crippen molar-refractivity contribution in [3.63, 3.8) is 0 Å². The molecule has 28 heavy (non-hydrogen) atoms. The zero-order valence-corrected chi connectivity index (χ0v) is 15.7. The van der Waals surface area contributed by atoms with Crippen LogP contribution in [0.3, 0.4) is 0 Å². The second-order valence-corrected chi connectivity index (χ2v) is 7.35. The predicted molar refractivity (Wildman–Crippen MR) is 114 cm³/mol. The topological polar surface area (TPSA) is 9.23 Å². The number of benzene rings is 4. The minimum Gasteiger partial charge on any atom is -0.485 e. The molecule has 0 radical (unpaired) electrons. The SMILES string of the molecule is c1ccc(C2CC(c3ccccc3)(c3ccccc3)c3ccccc3O2)cc1. The highest BCUT2D eigenvalue weighted by Gasteiger charge is 2.44. The monoisotopic (exact) mass is 362 g/mol. The molecule has 0 aromatic heterocycles. The molecule has 0 spiro atoms. The van der Waals surface area contributed by atoms with E-state index in [9.17, 15) is 0 Å². The van der Waals surface area contributed by atoms with Gasteiger partial charge in [-0.25, -0.2) is 0 Å². The average molecular weight is 362 g/mol. The van der Waals surface area contributed by atoms with Gasteiger partial charge in [0, 0.05) is 12.0 Å². The van der Waals surface area contributed by atoms with E-state index in [1.54, 1.807) is 0 Å². The van der Waals surface area contributed by atoms with Crippen LogP contribution in [-0.4, -0.2) is 0 Å². The van der Waals surface area contributed by atoms with Crippen molar-refractivity contribution in [2.45, 2.75) is 17.9 Å². The first-order valence-electron chi connectivity index (χ1n) is 9.80. The van der Waals surface area contributed by atoms with Crippen molar-refractivity contribution in [2.24, 2.45) is 0 Å². The minimum absolute atomic E-state index is 0.00323. The van der Waals surface area contributed by atoms with Gasteiger partial charge in [-0.1, -0.05) is 109 Å². The summed E-state index contributed by atoms with van der Waals surface area (Å²) < 4.78 is 6.52. The molecule has 0 saturated carbocycles. The summed E-state index contributed by atoms with van der Waals surface area (Å²) in [4.78, 5) is 0. The van der Waals surface area contributed by atoms with Gasteiger partial charge in [0.2, 0.25) is 0 Å². The fourth-order valence-corrected chi connectivity index (χ4v) is 4.52. The Balaban J connectivity index is 1.79. The van der Waals surface area contributed by atoms with Crippen LogP contribution in [0.5, 0.6) is 5.75 Å². The molecule has 1 unspecified atom stereocenters. The van der Waals surface area contributed by atoms with E-state index in [0.717, 1.165) is 12.2 Å². The lowest BCUT2D eigenvalue weighted by molar-refractivity contribution is 0.148. The molecule has 0 N–H and O–H groups in total. The van der Waals surface area contributed by atoms with E-state index in [-0.39, 0.29) is 11.5 Å². The highest BCUT2D eigenvalue weighted by molar-refractivity contribution is 5.57. The third-order valence-electron chi connectivity index (χ3n) is 5.81. The molecule has 0 fully saturated rings. The molecule has 0 aliphatic carbocycles. The van der Waals surface area contributed by atoms with Gasteiger partial charge in [-0.15, -0.1) is 0 Å². The van der Waals surface area contributed by atoms with Crippen molar-refractivity contribution in [2.75, 3.05) is 0 Å².